The summed E-state index contributed by atoms with van der Waals surface area (Å²) < 4.78 is 8.87. The Labute approximate surface area is 168 Å². The van der Waals surface area contributed by atoms with Crippen molar-refractivity contribution in [2.24, 2.45) is 0 Å². The molecular weight excluding hydrogens is 432 g/mol. The number of nitrogens with zero attached hydrogens (tertiary/aromatic N) is 5. The van der Waals surface area contributed by atoms with E-state index >= 15 is 0 Å². The summed E-state index contributed by atoms with van der Waals surface area (Å²) in [5.74, 6) is -0.306. The Morgan fingerprint density at radius 3 is 2.82 bits per heavy atom. The van der Waals surface area contributed by atoms with Crippen LogP contribution in [0, 0.1) is 10.1 Å². The maximum absolute atomic E-state index is 12.2. The molecule has 0 saturated carbocycles. The zero-order chi connectivity index (χ0) is 20.1. The molecule has 0 aliphatic heterocycles. The van der Waals surface area contributed by atoms with Crippen molar-refractivity contribution in [1.29, 1.82) is 0 Å². The SMILES string of the molecule is COc1nn(CCC(=O)Nc2cccc(Cn3cc(Br)cn3)c2)cc1[N+](=O)[O-]. The number of nitrogens with one attached hydrogen (secondary N) is 1. The van der Waals surface area contributed by atoms with E-state index in [0.717, 1.165) is 10.0 Å². The highest BCUT2D eigenvalue weighted by Gasteiger charge is 2.20. The second-order valence-electron chi connectivity index (χ2n) is 5.90. The van der Waals surface area contributed by atoms with Crippen LogP contribution in [0.15, 0.2) is 47.3 Å². The average Bonchev–Trinajstić information content (AvgIpc) is 3.26. The fourth-order valence-corrected chi connectivity index (χ4v) is 2.91. The lowest BCUT2D eigenvalue weighted by Gasteiger charge is -2.08. The van der Waals surface area contributed by atoms with Gasteiger partial charge in [-0.2, -0.15) is 5.10 Å². The summed E-state index contributed by atoms with van der Waals surface area (Å²) in [5.41, 5.74) is 1.42. The molecule has 3 aromatic rings. The van der Waals surface area contributed by atoms with Crippen molar-refractivity contribution in [3.8, 4) is 5.88 Å². The lowest BCUT2D eigenvalue weighted by atomic mass is 10.2. The van der Waals surface area contributed by atoms with Crippen LogP contribution in [0.4, 0.5) is 11.4 Å². The first-order valence-electron chi connectivity index (χ1n) is 8.27. The first kappa shape index (κ1) is 19.5. The maximum atomic E-state index is 12.2. The Morgan fingerprint density at radius 2 is 2.18 bits per heavy atom. The molecule has 0 radical (unpaired) electrons. The van der Waals surface area contributed by atoms with E-state index in [4.69, 9.17) is 4.74 Å². The van der Waals surface area contributed by atoms with Gasteiger partial charge in [0.15, 0.2) is 0 Å². The van der Waals surface area contributed by atoms with Crippen molar-refractivity contribution < 1.29 is 14.5 Å². The minimum atomic E-state index is -0.577. The fraction of sp³-hybridized carbons (Fsp3) is 0.235. The molecule has 1 amide bonds. The number of ether oxygens (including phenoxy) is 1. The van der Waals surface area contributed by atoms with Gasteiger partial charge in [-0.3, -0.25) is 24.3 Å². The van der Waals surface area contributed by atoms with E-state index in [1.54, 1.807) is 16.9 Å². The van der Waals surface area contributed by atoms with Gasteiger partial charge in [0.2, 0.25) is 5.91 Å². The largest absolute Gasteiger partial charge is 0.475 e. The number of aromatic nitrogens is 4. The molecule has 0 spiro atoms. The van der Waals surface area contributed by atoms with Crippen LogP contribution in [0.5, 0.6) is 5.88 Å². The van der Waals surface area contributed by atoms with Gasteiger partial charge in [0.25, 0.3) is 0 Å². The maximum Gasteiger partial charge on any atom is 0.350 e. The summed E-state index contributed by atoms with van der Waals surface area (Å²) >= 11 is 3.35. The number of amides is 1. The summed E-state index contributed by atoms with van der Waals surface area (Å²) in [6, 6.07) is 7.46. The molecule has 10 nitrogen and oxygen atoms in total. The zero-order valence-electron chi connectivity index (χ0n) is 14.9. The predicted molar refractivity (Wildman–Crippen MR) is 104 cm³/mol. The molecule has 2 heterocycles. The lowest BCUT2D eigenvalue weighted by molar-refractivity contribution is -0.385. The van der Waals surface area contributed by atoms with E-state index < -0.39 is 4.92 Å². The number of halogens is 1. The van der Waals surface area contributed by atoms with Crippen LogP contribution in [-0.2, 0) is 17.9 Å². The topological polar surface area (TPSA) is 117 Å². The van der Waals surface area contributed by atoms with Gasteiger partial charge in [-0.05, 0) is 33.6 Å². The normalized spacial score (nSPS) is 10.6. The van der Waals surface area contributed by atoms with Crippen LogP contribution in [0.25, 0.3) is 0 Å². The highest BCUT2D eigenvalue weighted by molar-refractivity contribution is 9.10. The first-order valence-corrected chi connectivity index (χ1v) is 9.06. The first-order chi connectivity index (χ1) is 13.4. The second-order valence-corrected chi connectivity index (χ2v) is 6.81. The molecule has 0 atom stereocenters. The summed E-state index contributed by atoms with van der Waals surface area (Å²) in [6.07, 6.45) is 4.93. The van der Waals surface area contributed by atoms with Crippen LogP contribution in [0.2, 0.25) is 0 Å². The van der Waals surface area contributed by atoms with Gasteiger partial charge in [0, 0.05) is 18.3 Å². The number of carbonyl (C=O) groups excluding carboxylic acids is 1. The number of aryl methyl sites for hydroxylation is 1. The van der Waals surface area contributed by atoms with Gasteiger partial charge >= 0.3 is 11.6 Å². The molecule has 0 fully saturated rings. The number of rotatable bonds is 8. The van der Waals surface area contributed by atoms with Crippen LogP contribution >= 0.6 is 15.9 Å². The summed E-state index contributed by atoms with van der Waals surface area (Å²) in [4.78, 5) is 22.6. The third kappa shape index (κ3) is 4.94. The predicted octanol–water partition coefficient (Wildman–Crippen LogP) is 2.84. The minimum Gasteiger partial charge on any atom is -0.475 e. The molecule has 146 valence electrons. The van der Waals surface area contributed by atoms with E-state index in [1.807, 2.05) is 24.4 Å². The standard InChI is InChI=1S/C17H17BrN6O4/c1-28-17-15(24(26)27)11-22(21-17)6-5-16(25)20-14-4-2-3-12(7-14)9-23-10-13(18)8-19-23/h2-4,7-8,10-11H,5-6,9H2,1H3,(H,20,25). The number of benzene rings is 1. The van der Waals surface area contributed by atoms with E-state index in [2.05, 4.69) is 31.4 Å². The van der Waals surface area contributed by atoms with Gasteiger partial charge in [0.1, 0.15) is 6.20 Å². The third-order valence-electron chi connectivity index (χ3n) is 3.82. The molecule has 0 aliphatic carbocycles. The molecule has 1 aromatic carbocycles. The lowest BCUT2D eigenvalue weighted by Crippen LogP contribution is -2.15. The fourth-order valence-electron chi connectivity index (χ4n) is 2.58. The molecule has 2 aromatic heterocycles. The molecule has 11 heteroatoms. The van der Waals surface area contributed by atoms with Crippen LogP contribution in [0.1, 0.15) is 12.0 Å². The molecule has 0 bridgehead atoms. The van der Waals surface area contributed by atoms with Gasteiger partial charge in [-0.25, -0.2) is 0 Å². The van der Waals surface area contributed by atoms with Gasteiger partial charge in [-0.1, -0.05) is 12.1 Å². The highest BCUT2D eigenvalue weighted by Crippen LogP contribution is 2.24. The Balaban J connectivity index is 1.57. The zero-order valence-corrected chi connectivity index (χ0v) is 16.5. The van der Waals surface area contributed by atoms with Gasteiger partial charge in [0.05, 0.1) is 35.8 Å². The number of carbonyl (C=O) groups is 1. The summed E-state index contributed by atoms with van der Waals surface area (Å²) in [7, 11) is 1.31. The van der Waals surface area contributed by atoms with Crippen LogP contribution in [-0.4, -0.2) is 37.5 Å². The van der Waals surface area contributed by atoms with Crippen molar-refractivity contribution in [1.82, 2.24) is 19.6 Å². The Hall–Kier alpha value is -3.21. The van der Waals surface area contributed by atoms with Gasteiger partial charge < -0.3 is 10.1 Å². The summed E-state index contributed by atoms with van der Waals surface area (Å²) in [5, 5.41) is 21.9. The number of methoxy groups -OCH3 is 1. The smallest absolute Gasteiger partial charge is 0.350 e. The molecule has 0 unspecified atom stereocenters. The number of hydrogen-bond donors (Lipinski definition) is 1. The van der Waals surface area contributed by atoms with Crippen molar-refractivity contribution in [3.05, 3.63) is 63.0 Å². The molecule has 0 saturated heterocycles. The quantitative estimate of drug-likeness (QED) is 0.418. The van der Waals surface area contributed by atoms with Crippen molar-refractivity contribution in [3.63, 3.8) is 0 Å². The Kier molecular flexibility index (Phi) is 6.04. The Morgan fingerprint density at radius 1 is 1.36 bits per heavy atom. The molecule has 0 aliphatic rings. The number of nitro groups is 1. The van der Waals surface area contributed by atoms with Crippen LogP contribution < -0.4 is 10.1 Å². The molecule has 3 rings (SSSR count). The number of hydrogen-bond acceptors (Lipinski definition) is 6. The molecule has 1 N–H and O–H groups in total. The highest BCUT2D eigenvalue weighted by atomic mass is 79.9. The van der Waals surface area contributed by atoms with Crippen molar-refractivity contribution in [2.45, 2.75) is 19.5 Å². The van der Waals surface area contributed by atoms with E-state index in [-0.39, 0.29) is 30.4 Å². The van der Waals surface area contributed by atoms with E-state index in [1.165, 1.54) is 18.0 Å². The summed E-state index contributed by atoms with van der Waals surface area (Å²) in [6.45, 7) is 0.767. The Bertz CT molecular complexity index is 999. The third-order valence-corrected chi connectivity index (χ3v) is 4.23. The molecular formula is C17H17BrN6O4. The minimum absolute atomic E-state index is 0.0802. The monoisotopic (exact) mass is 448 g/mol. The van der Waals surface area contributed by atoms with Crippen molar-refractivity contribution >= 4 is 33.2 Å². The van der Waals surface area contributed by atoms with E-state index in [9.17, 15) is 14.9 Å². The second kappa shape index (κ2) is 8.65. The number of anilines is 1. The van der Waals surface area contributed by atoms with Crippen LogP contribution in [0.3, 0.4) is 0 Å². The van der Waals surface area contributed by atoms with E-state index in [0.29, 0.717) is 12.2 Å². The molecule has 28 heavy (non-hydrogen) atoms. The average molecular weight is 449 g/mol. The van der Waals surface area contributed by atoms with Crippen molar-refractivity contribution in [2.75, 3.05) is 12.4 Å². The van der Waals surface area contributed by atoms with Gasteiger partial charge in [-0.15, -0.1) is 5.10 Å².